The van der Waals surface area contributed by atoms with E-state index in [2.05, 4.69) is 80.7 Å². The van der Waals surface area contributed by atoms with E-state index in [0.717, 1.165) is 23.4 Å². The normalized spacial score (nSPS) is 28.7. The van der Waals surface area contributed by atoms with E-state index in [9.17, 15) is 4.79 Å². The number of carbonyl (C=O) groups excluding carboxylic acids is 1. The van der Waals surface area contributed by atoms with Gasteiger partial charge in [0.15, 0.2) is 11.5 Å². The van der Waals surface area contributed by atoms with Crippen molar-refractivity contribution in [3.05, 3.63) is 69.4 Å². The van der Waals surface area contributed by atoms with Crippen molar-refractivity contribution in [2.75, 3.05) is 0 Å². The fraction of sp³-hybridized carbons (Fsp3) is 0.240. The molecule has 30 heavy (non-hydrogen) atoms. The summed E-state index contributed by atoms with van der Waals surface area (Å²) in [6, 6.07) is 6.61. The third-order valence-corrected chi connectivity index (χ3v) is 8.07. The van der Waals surface area contributed by atoms with E-state index in [4.69, 9.17) is 0 Å². The lowest BCUT2D eigenvalue weighted by Crippen LogP contribution is -2.69. The number of rotatable bonds is 0. The van der Waals surface area contributed by atoms with Crippen molar-refractivity contribution in [1.29, 1.82) is 0 Å². The molecule has 1 aliphatic carbocycles. The Labute approximate surface area is 171 Å². The summed E-state index contributed by atoms with van der Waals surface area (Å²) in [4.78, 5) is 13.1. The Hall–Kier alpha value is -3.47. The summed E-state index contributed by atoms with van der Waals surface area (Å²) in [6.07, 6.45) is 12.8. The van der Waals surface area contributed by atoms with Crippen molar-refractivity contribution in [2.45, 2.75) is 32.6 Å². The molecule has 2 aromatic rings. The molecule has 0 amide bonds. The number of Topliss-reactive ketones (excluding diaryl/α,β-unsaturated/α-hetero) is 1. The molecule has 0 unspecified atom stereocenters. The summed E-state index contributed by atoms with van der Waals surface area (Å²) < 4.78 is 9.98. The van der Waals surface area contributed by atoms with E-state index < -0.39 is 5.91 Å². The maximum absolute atomic E-state index is 13.1. The van der Waals surface area contributed by atoms with Gasteiger partial charge in [-0.15, -0.1) is 0 Å². The monoisotopic (exact) mass is 390 g/mol. The molecule has 0 saturated carbocycles. The third-order valence-electron chi connectivity index (χ3n) is 8.07. The largest absolute Gasteiger partial charge is 0.553 e. The van der Waals surface area contributed by atoms with Crippen LogP contribution in [0.15, 0.2) is 41.7 Å². The molecule has 142 valence electrons. The highest BCUT2D eigenvalue weighted by molar-refractivity contribution is 6.17. The summed E-state index contributed by atoms with van der Waals surface area (Å²) in [5.74, 6) is -0.301. The Morgan fingerprint density at radius 2 is 1.83 bits per heavy atom. The van der Waals surface area contributed by atoms with Crippen molar-refractivity contribution in [1.82, 2.24) is 9.13 Å². The zero-order valence-electron chi connectivity index (χ0n) is 16.7. The average Bonchev–Trinajstić information content (AvgIpc) is 3.48. The molecular weight excluding hydrogens is 372 g/mol. The number of aromatic nitrogens is 2. The molecule has 1 spiro atoms. The molecule has 9 rings (SSSR count). The molecule has 7 aliphatic rings. The van der Waals surface area contributed by atoms with Crippen LogP contribution in [-0.2, 0) is 5.91 Å². The molecule has 0 N–H and O–H groups in total. The zero-order chi connectivity index (χ0) is 19.7. The van der Waals surface area contributed by atoms with E-state index in [1.54, 1.807) is 0 Å². The first-order chi connectivity index (χ1) is 14.5. The number of ketones is 1. The van der Waals surface area contributed by atoms with E-state index in [1.165, 1.54) is 39.1 Å². The summed E-state index contributed by atoms with van der Waals surface area (Å²) in [5, 5.41) is 2.44. The Balaban J connectivity index is 1.65. The summed E-state index contributed by atoms with van der Waals surface area (Å²) >= 11 is 0. The Morgan fingerprint density at radius 1 is 1.00 bits per heavy atom. The Kier molecular flexibility index (Phi) is 1.84. The molecular formula is C25H18N4O+2. The first kappa shape index (κ1) is 14.5. The van der Waals surface area contributed by atoms with Crippen LogP contribution in [0.5, 0.6) is 0 Å². The minimum atomic E-state index is -0.559. The lowest BCUT2D eigenvalue weighted by atomic mass is 9.84. The minimum Gasteiger partial charge on any atom is -0.294 e. The minimum absolute atomic E-state index is 0.0125. The predicted octanol–water partition coefficient (Wildman–Crippen LogP) is 1.57. The Morgan fingerprint density at radius 3 is 2.70 bits per heavy atom. The fourth-order valence-corrected chi connectivity index (χ4v) is 7.05. The molecule has 0 radical (unpaired) electrons. The van der Waals surface area contributed by atoms with Crippen molar-refractivity contribution in [2.24, 2.45) is 5.41 Å². The van der Waals surface area contributed by atoms with Crippen LogP contribution in [-0.4, -0.2) is 35.5 Å². The van der Waals surface area contributed by atoms with Gasteiger partial charge in [-0.2, -0.15) is 9.13 Å². The molecule has 6 aliphatic heterocycles. The van der Waals surface area contributed by atoms with Crippen LogP contribution in [0.25, 0.3) is 23.8 Å². The maximum Gasteiger partial charge on any atom is 0.553 e. The molecule has 5 nitrogen and oxygen atoms in total. The van der Waals surface area contributed by atoms with E-state index >= 15 is 0 Å². The fourth-order valence-electron chi connectivity index (χ4n) is 7.05. The van der Waals surface area contributed by atoms with Gasteiger partial charge in [0.25, 0.3) is 0 Å². The molecule has 5 heteroatoms. The topological polar surface area (TPSA) is 32.9 Å². The maximum atomic E-state index is 13.1. The summed E-state index contributed by atoms with van der Waals surface area (Å²) in [5.41, 5.74) is 9.50. The van der Waals surface area contributed by atoms with Gasteiger partial charge in [-0.05, 0) is 32.0 Å². The highest BCUT2D eigenvalue weighted by Gasteiger charge is 2.73. The highest BCUT2D eigenvalue weighted by atomic mass is 16.1. The van der Waals surface area contributed by atoms with Gasteiger partial charge in [-0.3, -0.25) is 4.79 Å². The second-order valence-electron chi connectivity index (χ2n) is 10.0. The molecule has 2 aromatic heterocycles. The van der Waals surface area contributed by atoms with Gasteiger partial charge < -0.3 is 0 Å². The van der Waals surface area contributed by atoms with Crippen LogP contribution < -0.4 is 10.7 Å². The second kappa shape index (κ2) is 3.81. The van der Waals surface area contributed by atoms with E-state index in [-0.39, 0.29) is 11.2 Å². The van der Waals surface area contributed by atoms with Crippen LogP contribution in [0.4, 0.5) is 0 Å². The molecule has 0 aromatic carbocycles. The SMILES string of the molecule is CC1(C)CC2=C3CC(=O)c4cc5n(c43)[C@]34n6c(ccc6=CC1=[N+]23)=CC1=[N+]4C(=C5)C=C1. The van der Waals surface area contributed by atoms with Crippen LogP contribution in [0.3, 0.4) is 0 Å². The van der Waals surface area contributed by atoms with Crippen LogP contribution in [0.1, 0.15) is 48.4 Å². The second-order valence-corrected chi connectivity index (χ2v) is 10.0. The van der Waals surface area contributed by atoms with Gasteiger partial charge in [-0.1, -0.05) is 9.15 Å². The quantitative estimate of drug-likeness (QED) is 0.629. The van der Waals surface area contributed by atoms with Gasteiger partial charge in [0.1, 0.15) is 0 Å². The average molecular weight is 390 g/mol. The van der Waals surface area contributed by atoms with Gasteiger partial charge >= 0.3 is 5.91 Å². The van der Waals surface area contributed by atoms with Crippen molar-refractivity contribution >= 4 is 41.0 Å². The van der Waals surface area contributed by atoms with Gasteiger partial charge in [-0.25, -0.2) is 0 Å². The lowest BCUT2D eigenvalue weighted by Gasteiger charge is -2.38. The van der Waals surface area contributed by atoms with Gasteiger partial charge in [0, 0.05) is 48.8 Å². The molecule has 1 atom stereocenters. The summed E-state index contributed by atoms with van der Waals surface area (Å²) in [7, 11) is 0. The van der Waals surface area contributed by atoms with Crippen LogP contribution in [0.2, 0.25) is 0 Å². The standard InChI is InChI=1S/C25H18N4O/c1-24(2)12-20-18-11-21(30)19-9-17-8-15-4-3-13-7-14-5-6-16-10-22(24)29(20)25(26(13)15,27(14)16)28(17)23(18)19/h3-10H,11-12H2,1-2H3/q+2/t25-/m0/s1. The number of hydrogen-bond donors (Lipinski definition) is 0. The van der Waals surface area contributed by atoms with Crippen LogP contribution >= 0.6 is 0 Å². The van der Waals surface area contributed by atoms with Crippen LogP contribution in [0, 0.1) is 5.41 Å². The smallest absolute Gasteiger partial charge is 0.294 e. The predicted molar refractivity (Wildman–Crippen MR) is 112 cm³/mol. The van der Waals surface area contributed by atoms with Crippen molar-refractivity contribution in [3.8, 4) is 0 Å². The lowest BCUT2D eigenvalue weighted by molar-refractivity contribution is -0.835. The number of nitrogens with zero attached hydrogens (tertiary/aromatic N) is 4. The van der Waals surface area contributed by atoms with Crippen molar-refractivity contribution in [3.63, 3.8) is 0 Å². The first-order valence-electron chi connectivity index (χ1n) is 10.7. The molecule has 0 bridgehead atoms. The molecule has 0 fully saturated rings. The van der Waals surface area contributed by atoms with Gasteiger partial charge in [0.05, 0.1) is 33.1 Å². The van der Waals surface area contributed by atoms with E-state index in [1.807, 2.05) is 0 Å². The molecule has 8 heterocycles. The van der Waals surface area contributed by atoms with Gasteiger partial charge in [0.2, 0.25) is 17.1 Å². The number of hydrogen-bond acceptors (Lipinski definition) is 1. The number of allylic oxidation sites excluding steroid dienone is 4. The highest BCUT2D eigenvalue weighted by Crippen LogP contribution is 2.55. The van der Waals surface area contributed by atoms with E-state index in [0.29, 0.717) is 6.42 Å². The summed E-state index contributed by atoms with van der Waals surface area (Å²) in [6.45, 7) is 4.69. The number of carbonyl (C=O) groups is 1. The van der Waals surface area contributed by atoms with Crippen molar-refractivity contribution < 1.29 is 13.9 Å². The third kappa shape index (κ3) is 1.13. The Bertz CT molecular complexity index is 1670. The zero-order valence-corrected chi connectivity index (χ0v) is 16.7. The molecule has 0 saturated heterocycles. The first-order valence-corrected chi connectivity index (χ1v) is 10.7.